The third-order valence-electron chi connectivity index (χ3n) is 1.58. The zero-order chi connectivity index (χ0) is 9.68. The molecule has 0 spiro atoms. The minimum atomic E-state index is -0.811. The highest BCUT2D eigenvalue weighted by molar-refractivity contribution is 5.70. The lowest BCUT2D eigenvalue weighted by molar-refractivity contribution is -0.136. The van der Waals surface area contributed by atoms with Crippen molar-refractivity contribution in [2.24, 2.45) is 0 Å². The summed E-state index contributed by atoms with van der Waals surface area (Å²) in [6, 6.07) is 7.23. The zero-order valence-electron chi connectivity index (χ0n) is 7.37. The molecule has 4 nitrogen and oxygen atoms in total. The SMILES string of the molecule is CNNc1ccc(CC(=O)O)cc1. The van der Waals surface area contributed by atoms with E-state index in [1.165, 1.54) is 0 Å². The van der Waals surface area contributed by atoms with Crippen molar-refractivity contribution in [3.63, 3.8) is 0 Å². The number of aliphatic carboxylic acids is 1. The number of hydrazine groups is 1. The Bertz CT molecular complexity index is 282. The summed E-state index contributed by atoms with van der Waals surface area (Å²) in [5.74, 6) is -0.811. The second-order valence-electron chi connectivity index (χ2n) is 2.64. The average Bonchev–Trinajstić information content (AvgIpc) is 2.08. The van der Waals surface area contributed by atoms with E-state index in [9.17, 15) is 4.79 Å². The van der Waals surface area contributed by atoms with Crippen molar-refractivity contribution in [2.45, 2.75) is 6.42 Å². The fourth-order valence-corrected chi connectivity index (χ4v) is 1.02. The van der Waals surface area contributed by atoms with Gasteiger partial charge in [0.25, 0.3) is 0 Å². The molecule has 0 saturated carbocycles. The van der Waals surface area contributed by atoms with Crippen LogP contribution in [0.3, 0.4) is 0 Å². The van der Waals surface area contributed by atoms with Crippen LogP contribution in [0.25, 0.3) is 0 Å². The molecular formula is C9H12N2O2. The van der Waals surface area contributed by atoms with E-state index in [1.807, 2.05) is 12.1 Å². The molecule has 70 valence electrons. The Morgan fingerprint density at radius 2 is 2.00 bits per heavy atom. The number of carboxylic acids is 1. The summed E-state index contributed by atoms with van der Waals surface area (Å²) in [6.07, 6.45) is 0.0693. The van der Waals surface area contributed by atoms with Crippen LogP contribution in [-0.2, 0) is 11.2 Å². The Balaban J connectivity index is 2.64. The van der Waals surface area contributed by atoms with Crippen molar-refractivity contribution in [2.75, 3.05) is 12.5 Å². The van der Waals surface area contributed by atoms with E-state index >= 15 is 0 Å². The number of benzene rings is 1. The predicted molar refractivity (Wildman–Crippen MR) is 50.5 cm³/mol. The van der Waals surface area contributed by atoms with Gasteiger partial charge in [0.1, 0.15) is 0 Å². The molecule has 0 unspecified atom stereocenters. The highest BCUT2D eigenvalue weighted by atomic mass is 16.4. The van der Waals surface area contributed by atoms with Gasteiger partial charge in [0.15, 0.2) is 0 Å². The van der Waals surface area contributed by atoms with Crippen molar-refractivity contribution in [1.29, 1.82) is 0 Å². The molecule has 0 aliphatic rings. The van der Waals surface area contributed by atoms with Crippen LogP contribution in [0.4, 0.5) is 5.69 Å². The summed E-state index contributed by atoms with van der Waals surface area (Å²) in [5, 5.41) is 8.51. The second kappa shape index (κ2) is 4.47. The normalized spacial score (nSPS) is 9.62. The minimum absolute atomic E-state index is 0.0693. The van der Waals surface area contributed by atoms with E-state index in [0.717, 1.165) is 11.3 Å². The van der Waals surface area contributed by atoms with Crippen molar-refractivity contribution >= 4 is 11.7 Å². The third-order valence-corrected chi connectivity index (χ3v) is 1.58. The lowest BCUT2D eigenvalue weighted by atomic mass is 10.1. The maximum absolute atomic E-state index is 10.4. The van der Waals surface area contributed by atoms with Gasteiger partial charge >= 0.3 is 5.97 Å². The molecule has 1 aromatic carbocycles. The number of hydrogen-bond acceptors (Lipinski definition) is 3. The summed E-state index contributed by atoms with van der Waals surface area (Å²) >= 11 is 0. The average molecular weight is 180 g/mol. The van der Waals surface area contributed by atoms with E-state index in [0.29, 0.717) is 0 Å². The van der Waals surface area contributed by atoms with E-state index < -0.39 is 5.97 Å². The number of carboxylic acid groups (broad SMARTS) is 1. The quantitative estimate of drug-likeness (QED) is 0.601. The van der Waals surface area contributed by atoms with Gasteiger partial charge in [-0.15, -0.1) is 0 Å². The largest absolute Gasteiger partial charge is 0.481 e. The van der Waals surface area contributed by atoms with Crippen LogP contribution >= 0.6 is 0 Å². The first-order valence-corrected chi connectivity index (χ1v) is 3.96. The molecule has 0 heterocycles. The number of anilines is 1. The molecule has 0 aromatic heterocycles. The summed E-state index contributed by atoms with van der Waals surface area (Å²) in [4.78, 5) is 10.4. The molecule has 0 fully saturated rings. The first-order chi connectivity index (χ1) is 6.22. The molecule has 4 heteroatoms. The molecule has 0 aliphatic heterocycles. The van der Waals surface area contributed by atoms with Gasteiger partial charge < -0.3 is 10.5 Å². The van der Waals surface area contributed by atoms with Crippen molar-refractivity contribution in [1.82, 2.24) is 5.43 Å². The molecule has 0 saturated heterocycles. The number of nitrogens with one attached hydrogen (secondary N) is 2. The van der Waals surface area contributed by atoms with Crippen LogP contribution < -0.4 is 10.9 Å². The Hall–Kier alpha value is -1.55. The lowest BCUT2D eigenvalue weighted by Crippen LogP contribution is -2.14. The van der Waals surface area contributed by atoms with Crippen molar-refractivity contribution in [3.8, 4) is 0 Å². The lowest BCUT2D eigenvalue weighted by Gasteiger charge is -2.04. The predicted octanol–water partition coefficient (Wildman–Crippen LogP) is 0.860. The summed E-state index contributed by atoms with van der Waals surface area (Å²) in [6.45, 7) is 0. The zero-order valence-corrected chi connectivity index (χ0v) is 7.37. The highest BCUT2D eigenvalue weighted by Gasteiger charge is 1.99. The van der Waals surface area contributed by atoms with Crippen LogP contribution in [0.2, 0.25) is 0 Å². The summed E-state index contributed by atoms with van der Waals surface area (Å²) in [5.41, 5.74) is 7.38. The Morgan fingerprint density at radius 1 is 1.38 bits per heavy atom. The minimum Gasteiger partial charge on any atom is -0.481 e. The maximum Gasteiger partial charge on any atom is 0.307 e. The van der Waals surface area contributed by atoms with Crippen molar-refractivity contribution < 1.29 is 9.90 Å². The topological polar surface area (TPSA) is 61.4 Å². The maximum atomic E-state index is 10.4. The first kappa shape index (κ1) is 9.54. The first-order valence-electron chi connectivity index (χ1n) is 3.96. The standard InChI is InChI=1S/C9H12N2O2/c1-10-11-8-4-2-7(3-5-8)6-9(12)13/h2-5,10-11H,6H2,1H3,(H,12,13). The fourth-order valence-electron chi connectivity index (χ4n) is 1.02. The Labute approximate surface area is 76.6 Å². The molecule has 0 bridgehead atoms. The molecule has 1 rings (SSSR count). The van der Waals surface area contributed by atoms with Gasteiger partial charge in [-0.1, -0.05) is 12.1 Å². The monoisotopic (exact) mass is 180 g/mol. The van der Waals surface area contributed by atoms with E-state index in [4.69, 9.17) is 5.11 Å². The Morgan fingerprint density at radius 3 is 2.46 bits per heavy atom. The molecular weight excluding hydrogens is 168 g/mol. The van der Waals surface area contributed by atoms with Crippen LogP contribution in [0.1, 0.15) is 5.56 Å². The van der Waals surface area contributed by atoms with Gasteiger partial charge in [0, 0.05) is 12.7 Å². The van der Waals surface area contributed by atoms with Gasteiger partial charge in [-0.3, -0.25) is 4.79 Å². The van der Waals surface area contributed by atoms with Crippen LogP contribution in [0.15, 0.2) is 24.3 Å². The summed E-state index contributed by atoms with van der Waals surface area (Å²) in [7, 11) is 1.77. The second-order valence-corrected chi connectivity index (χ2v) is 2.64. The van der Waals surface area contributed by atoms with E-state index in [1.54, 1.807) is 19.2 Å². The van der Waals surface area contributed by atoms with Gasteiger partial charge in [0.05, 0.1) is 6.42 Å². The molecule has 0 amide bonds. The molecule has 0 aliphatic carbocycles. The number of rotatable bonds is 4. The van der Waals surface area contributed by atoms with E-state index in [-0.39, 0.29) is 6.42 Å². The molecule has 3 N–H and O–H groups in total. The molecule has 1 aromatic rings. The van der Waals surface area contributed by atoms with Gasteiger partial charge in [-0.25, -0.2) is 5.43 Å². The van der Waals surface area contributed by atoms with Gasteiger partial charge in [-0.05, 0) is 17.7 Å². The third kappa shape index (κ3) is 3.13. The molecule has 13 heavy (non-hydrogen) atoms. The fraction of sp³-hybridized carbons (Fsp3) is 0.222. The molecule has 0 atom stereocenters. The van der Waals surface area contributed by atoms with Crippen LogP contribution in [0.5, 0.6) is 0 Å². The smallest absolute Gasteiger partial charge is 0.307 e. The van der Waals surface area contributed by atoms with Gasteiger partial charge in [0.2, 0.25) is 0 Å². The number of hydrogen-bond donors (Lipinski definition) is 3. The van der Waals surface area contributed by atoms with E-state index in [2.05, 4.69) is 10.9 Å². The van der Waals surface area contributed by atoms with Gasteiger partial charge in [-0.2, -0.15) is 0 Å². The molecule has 0 radical (unpaired) electrons. The van der Waals surface area contributed by atoms with Crippen molar-refractivity contribution in [3.05, 3.63) is 29.8 Å². The Kier molecular flexibility index (Phi) is 3.28. The summed E-state index contributed by atoms with van der Waals surface area (Å²) < 4.78 is 0. The highest BCUT2D eigenvalue weighted by Crippen LogP contribution is 2.08. The van der Waals surface area contributed by atoms with Crippen LogP contribution in [0, 0.1) is 0 Å². The van der Waals surface area contributed by atoms with Crippen LogP contribution in [-0.4, -0.2) is 18.1 Å². The number of carbonyl (C=O) groups is 1.